The third kappa shape index (κ3) is 2.62. The summed E-state index contributed by atoms with van der Waals surface area (Å²) in [5.41, 5.74) is 1.82. The van der Waals surface area contributed by atoms with E-state index in [9.17, 15) is 4.79 Å². The lowest BCUT2D eigenvalue weighted by molar-refractivity contribution is 0.250. The number of benzene rings is 1. The first-order valence-corrected chi connectivity index (χ1v) is 4.56. The molecule has 1 aromatic carbocycles. The van der Waals surface area contributed by atoms with Gasteiger partial charge in [-0.05, 0) is 26.3 Å². The summed E-state index contributed by atoms with van der Waals surface area (Å²) in [6, 6.07) is 8.01. The molecule has 0 bridgehead atoms. The van der Waals surface area contributed by atoms with Gasteiger partial charge in [-0.3, -0.25) is 4.79 Å². The first-order chi connectivity index (χ1) is 6.42. The molecule has 0 heterocycles. The van der Waals surface area contributed by atoms with Gasteiger partial charge in [0.15, 0.2) is 5.81 Å². The van der Waals surface area contributed by atoms with Gasteiger partial charge in [0.2, 0.25) is 7.85 Å². The SMILES string of the molecule is [B]C(=O)NC(C)(C)c1ccc(C)cc1. The molecule has 0 spiro atoms. The molecule has 14 heavy (non-hydrogen) atoms. The van der Waals surface area contributed by atoms with E-state index in [0.717, 1.165) is 5.56 Å². The fourth-order valence-corrected chi connectivity index (χ4v) is 1.35. The van der Waals surface area contributed by atoms with Crippen LogP contribution in [0.2, 0.25) is 0 Å². The van der Waals surface area contributed by atoms with Crippen molar-refractivity contribution in [3.63, 3.8) is 0 Å². The fourth-order valence-electron chi connectivity index (χ4n) is 1.35. The minimum Gasteiger partial charge on any atom is -0.357 e. The summed E-state index contributed by atoms with van der Waals surface area (Å²) in [5.74, 6) is -0.504. The summed E-state index contributed by atoms with van der Waals surface area (Å²) in [7, 11) is 5.10. The minimum atomic E-state index is -0.504. The highest BCUT2D eigenvalue weighted by Gasteiger charge is 2.20. The zero-order chi connectivity index (χ0) is 10.8. The Labute approximate surface area is 86.1 Å². The molecule has 2 radical (unpaired) electrons. The molecule has 0 aliphatic heterocycles. The van der Waals surface area contributed by atoms with Crippen molar-refractivity contribution in [2.45, 2.75) is 26.3 Å². The molecule has 1 N–H and O–H groups in total. The van der Waals surface area contributed by atoms with Crippen LogP contribution in [0.5, 0.6) is 0 Å². The van der Waals surface area contributed by atoms with Crippen LogP contribution in [0.15, 0.2) is 24.3 Å². The predicted molar refractivity (Wildman–Crippen MR) is 58.5 cm³/mol. The molecule has 0 aliphatic rings. The van der Waals surface area contributed by atoms with E-state index in [4.69, 9.17) is 7.85 Å². The summed E-state index contributed by atoms with van der Waals surface area (Å²) < 4.78 is 0. The van der Waals surface area contributed by atoms with Crippen LogP contribution in [0.1, 0.15) is 25.0 Å². The van der Waals surface area contributed by atoms with Crippen molar-refractivity contribution in [1.29, 1.82) is 0 Å². The standard InChI is InChI=1S/C11H14BNO/c1-8-4-6-9(7-5-8)11(2,3)13-10(12)14/h4-7H,1-3H3,(H,13,14). The molecule has 1 amide bonds. The maximum absolute atomic E-state index is 10.8. The second-order valence-corrected chi connectivity index (χ2v) is 3.98. The second kappa shape index (κ2) is 3.87. The minimum absolute atomic E-state index is 0.417. The van der Waals surface area contributed by atoms with Crippen molar-refractivity contribution in [2.24, 2.45) is 0 Å². The number of hydrogen-bond acceptors (Lipinski definition) is 1. The lowest BCUT2D eigenvalue weighted by atomic mass is 9.92. The van der Waals surface area contributed by atoms with E-state index in [1.54, 1.807) is 0 Å². The van der Waals surface area contributed by atoms with Crippen molar-refractivity contribution in [2.75, 3.05) is 0 Å². The fraction of sp³-hybridized carbons (Fsp3) is 0.364. The maximum atomic E-state index is 10.8. The molecule has 1 rings (SSSR count). The molecule has 72 valence electrons. The van der Waals surface area contributed by atoms with Crippen LogP contribution in [0.4, 0.5) is 4.79 Å². The molecule has 0 aromatic heterocycles. The average Bonchev–Trinajstić information content (AvgIpc) is 2.02. The number of hydrogen-bond donors (Lipinski definition) is 1. The summed E-state index contributed by atoms with van der Waals surface area (Å²) in [4.78, 5) is 10.8. The molecular weight excluding hydrogens is 173 g/mol. The van der Waals surface area contributed by atoms with Gasteiger partial charge in [0.1, 0.15) is 0 Å². The van der Waals surface area contributed by atoms with Crippen LogP contribution in [-0.4, -0.2) is 13.7 Å². The topological polar surface area (TPSA) is 29.1 Å². The van der Waals surface area contributed by atoms with Gasteiger partial charge in [-0.15, -0.1) is 0 Å². The number of carbonyl (C=O) groups excluding carboxylic acids is 1. The number of nitrogens with one attached hydrogen (secondary N) is 1. The van der Waals surface area contributed by atoms with Crippen molar-refractivity contribution in [3.05, 3.63) is 35.4 Å². The Morgan fingerprint density at radius 1 is 1.29 bits per heavy atom. The quantitative estimate of drug-likeness (QED) is 0.705. The Hall–Kier alpha value is -1.25. The summed E-state index contributed by atoms with van der Waals surface area (Å²) in [6.07, 6.45) is 0. The van der Waals surface area contributed by atoms with Gasteiger partial charge >= 0.3 is 0 Å². The smallest absolute Gasteiger partial charge is 0.200 e. The molecule has 0 saturated carbocycles. The first kappa shape index (κ1) is 10.8. The third-order valence-electron chi connectivity index (χ3n) is 2.21. The van der Waals surface area contributed by atoms with E-state index in [2.05, 4.69) is 5.32 Å². The molecule has 0 saturated heterocycles. The van der Waals surface area contributed by atoms with Crippen LogP contribution in [0.25, 0.3) is 0 Å². The number of amides is 1. The van der Waals surface area contributed by atoms with Crippen LogP contribution >= 0.6 is 0 Å². The van der Waals surface area contributed by atoms with Gasteiger partial charge in [0, 0.05) is 0 Å². The first-order valence-electron chi connectivity index (χ1n) is 4.56. The lowest BCUT2D eigenvalue weighted by Gasteiger charge is -2.26. The summed E-state index contributed by atoms with van der Waals surface area (Å²) in [5, 5.41) is 2.69. The molecule has 0 atom stereocenters. The number of rotatable bonds is 2. The van der Waals surface area contributed by atoms with Gasteiger partial charge in [-0.1, -0.05) is 29.8 Å². The molecule has 1 aromatic rings. The van der Waals surface area contributed by atoms with E-state index < -0.39 is 11.3 Å². The van der Waals surface area contributed by atoms with E-state index in [-0.39, 0.29) is 0 Å². The predicted octanol–water partition coefficient (Wildman–Crippen LogP) is 2.11. The van der Waals surface area contributed by atoms with E-state index in [0.29, 0.717) is 0 Å². The Kier molecular flexibility index (Phi) is 2.99. The number of carbonyl (C=O) groups is 1. The molecule has 0 aliphatic carbocycles. The molecular formula is C11H14BNO. The molecule has 0 unspecified atom stereocenters. The van der Waals surface area contributed by atoms with Crippen molar-refractivity contribution in [1.82, 2.24) is 5.32 Å². The Morgan fingerprint density at radius 2 is 1.79 bits per heavy atom. The number of aryl methyl sites for hydroxylation is 1. The summed E-state index contributed by atoms with van der Waals surface area (Å²) >= 11 is 0. The Morgan fingerprint density at radius 3 is 2.21 bits per heavy atom. The van der Waals surface area contributed by atoms with Gasteiger partial charge in [0.25, 0.3) is 0 Å². The average molecular weight is 187 g/mol. The Balaban J connectivity index is 2.91. The lowest BCUT2D eigenvalue weighted by Crippen LogP contribution is -2.40. The maximum Gasteiger partial charge on any atom is 0.200 e. The third-order valence-corrected chi connectivity index (χ3v) is 2.21. The monoisotopic (exact) mass is 187 g/mol. The van der Waals surface area contributed by atoms with E-state index in [1.165, 1.54) is 5.56 Å². The molecule has 3 heteroatoms. The highest BCUT2D eigenvalue weighted by atomic mass is 16.1. The van der Waals surface area contributed by atoms with E-state index >= 15 is 0 Å². The van der Waals surface area contributed by atoms with Crippen LogP contribution in [0.3, 0.4) is 0 Å². The largest absolute Gasteiger partial charge is 0.357 e. The normalized spacial score (nSPS) is 11.1. The van der Waals surface area contributed by atoms with Crippen LogP contribution < -0.4 is 5.32 Å². The second-order valence-electron chi connectivity index (χ2n) is 3.98. The van der Waals surface area contributed by atoms with Crippen molar-refractivity contribution < 1.29 is 4.79 Å². The van der Waals surface area contributed by atoms with Gasteiger partial charge in [-0.25, -0.2) is 0 Å². The zero-order valence-electron chi connectivity index (χ0n) is 8.79. The van der Waals surface area contributed by atoms with Gasteiger partial charge in [0.05, 0.1) is 5.54 Å². The van der Waals surface area contributed by atoms with Crippen LogP contribution in [0, 0.1) is 6.92 Å². The zero-order valence-corrected chi connectivity index (χ0v) is 8.79. The van der Waals surface area contributed by atoms with Crippen molar-refractivity contribution in [3.8, 4) is 0 Å². The highest BCUT2D eigenvalue weighted by molar-refractivity contribution is 6.57. The van der Waals surface area contributed by atoms with E-state index in [1.807, 2.05) is 45.0 Å². The Bertz CT molecular complexity index is 330. The van der Waals surface area contributed by atoms with Gasteiger partial charge < -0.3 is 5.32 Å². The van der Waals surface area contributed by atoms with Crippen LogP contribution in [-0.2, 0) is 5.54 Å². The van der Waals surface area contributed by atoms with Gasteiger partial charge in [-0.2, -0.15) is 0 Å². The highest BCUT2D eigenvalue weighted by Crippen LogP contribution is 2.19. The summed E-state index contributed by atoms with van der Waals surface area (Å²) in [6.45, 7) is 5.86. The molecule has 0 fully saturated rings. The van der Waals surface area contributed by atoms with Crippen molar-refractivity contribution >= 4 is 13.7 Å². The molecule has 2 nitrogen and oxygen atoms in total.